The second-order valence-electron chi connectivity index (χ2n) is 3.76. The van der Waals surface area contributed by atoms with E-state index in [1.807, 2.05) is 23.9 Å². The van der Waals surface area contributed by atoms with Crippen molar-refractivity contribution in [3.8, 4) is 0 Å². The second-order valence-corrected chi connectivity index (χ2v) is 5.10. The van der Waals surface area contributed by atoms with Crippen LogP contribution in [0.3, 0.4) is 0 Å². The Labute approximate surface area is 88.7 Å². The molecule has 0 spiro atoms. The lowest BCUT2D eigenvalue weighted by molar-refractivity contribution is 0.159. The summed E-state index contributed by atoms with van der Waals surface area (Å²) in [6, 6.07) is 3.80. The van der Waals surface area contributed by atoms with Gasteiger partial charge in [-0.3, -0.25) is 0 Å². The quantitative estimate of drug-likeness (QED) is 0.835. The third-order valence-electron chi connectivity index (χ3n) is 2.63. The second kappa shape index (κ2) is 4.89. The van der Waals surface area contributed by atoms with Gasteiger partial charge in [0.25, 0.3) is 0 Å². The van der Waals surface area contributed by atoms with Gasteiger partial charge in [-0.15, -0.1) is 0 Å². The van der Waals surface area contributed by atoms with Crippen molar-refractivity contribution in [1.29, 1.82) is 0 Å². The zero-order valence-corrected chi connectivity index (χ0v) is 9.00. The molecule has 0 radical (unpaired) electrons. The number of thioether (sulfide) groups is 1. The Hall–Kier alpha value is -0.410. The van der Waals surface area contributed by atoms with Gasteiger partial charge < -0.3 is 9.52 Å². The zero-order chi connectivity index (χ0) is 9.80. The fraction of sp³-hybridized carbons (Fsp3) is 0.636. The summed E-state index contributed by atoms with van der Waals surface area (Å²) >= 11 is 1.90. The third kappa shape index (κ3) is 2.55. The van der Waals surface area contributed by atoms with Crippen LogP contribution in [-0.4, -0.2) is 22.2 Å². The van der Waals surface area contributed by atoms with Gasteiger partial charge in [0.2, 0.25) is 0 Å². The predicted octanol–water partition coefficient (Wildman–Crippen LogP) is 2.47. The number of furan rings is 1. The number of hydrogen-bond acceptors (Lipinski definition) is 3. The highest BCUT2D eigenvalue weighted by Gasteiger charge is 2.22. The lowest BCUT2D eigenvalue weighted by Gasteiger charge is -2.25. The molecule has 0 bridgehead atoms. The third-order valence-corrected chi connectivity index (χ3v) is 4.14. The fourth-order valence-corrected chi connectivity index (χ4v) is 3.16. The van der Waals surface area contributed by atoms with Crippen molar-refractivity contribution in [2.45, 2.75) is 37.0 Å². The van der Waals surface area contributed by atoms with Gasteiger partial charge in [-0.25, -0.2) is 0 Å². The maximum Gasteiger partial charge on any atom is 0.106 e. The Bertz CT molecular complexity index is 252. The molecule has 1 N–H and O–H groups in total. The minimum atomic E-state index is -0.244. The van der Waals surface area contributed by atoms with Crippen LogP contribution < -0.4 is 0 Å². The summed E-state index contributed by atoms with van der Waals surface area (Å²) in [5, 5.41) is 10.4. The van der Waals surface area contributed by atoms with E-state index in [1.165, 1.54) is 18.6 Å². The van der Waals surface area contributed by atoms with E-state index in [4.69, 9.17) is 4.42 Å². The van der Waals surface area contributed by atoms with Crippen LogP contribution in [0.25, 0.3) is 0 Å². The van der Waals surface area contributed by atoms with E-state index in [-0.39, 0.29) is 6.10 Å². The Kier molecular flexibility index (Phi) is 3.54. The molecule has 0 saturated carbocycles. The highest BCUT2D eigenvalue weighted by Crippen LogP contribution is 2.28. The summed E-state index contributed by atoms with van der Waals surface area (Å²) in [4.78, 5) is 0. The SMILES string of the molecule is OC(Cc1ccco1)C1CCCCS1. The fourth-order valence-electron chi connectivity index (χ4n) is 1.84. The smallest absolute Gasteiger partial charge is 0.106 e. The molecular weight excluding hydrogens is 196 g/mol. The molecule has 2 atom stereocenters. The maximum absolute atomic E-state index is 9.96. The zero-order valence-electron chi connectivity index (χ0n) is 8.19. The van der Waals surface area contributed by atoms with Crippen LogP contribution in [0, 0.1) is 0 Å². The Morgan fingerprint density at radius 3 is 3.14 bits per heavy atom. The Morgan fingerprint density at radius 2 is 2.50 bits per heavy atom. The molecule has 78 valence electrons. The van der Waals surface area contributed by atoms with E-state index in [2.05, 4.69) is 0 Å². The van der Waals surface area contributed by atoms with Crippen molar-refractivity contribution in [2.75, 3.05) is 5.75 Å². The molecule has 1 aliphatic heterocycles. The molecule has 14 heavy (non-hydrogen) atoms. The average molecular weight is 212 g/mol. The van der Waals surface area contributed by atoms with Crippen molar-refractivity contribution in [3.63, 3.8) is 0 Å². The van der Waals surface area contributed by atoms with Crippen LogP contribution in [-0.2, 0) is 6.42 Å². The van der Waals surface area contributed by atoms with Crippen LogP contribution in [0.2, 0.25) is 0 Å². The molecule has 1 aromatic rings. The van der Waals surface area contributed by atoms with Crippen LogP contribution in [0.5, 0.6) is 0 Å². The molecule has 0 aromatic carbocycles. The molecule has 2 rings (SSSR count). The number of aliphatic hydroxyl groups is 1. The van der Waals surface area contributed by atoms with E-state index < -0.39 is 0 Å². The normalized spacial score (nSPS) is 24.8. The molecule has 2 unspecified atom stereocenters. The minimum Gasteiger partial charge on any atom is -0.469 e. The molecule has 0 aliphatic carbocycles. The summed E-state index contributed by atoms with van der Waals surface area (Å²) in [6.45, 7) is 0. The first-order chi connectivity index (χ1) is 6.86. The van der Waals surface area contributed by atoms with Gasteiger partial charge >= 0.3 is 0 Å². The van der Waals surface area contributed by atoms with Crippen LogP contribution in [0.15, 0.2) is 22.8 Å². The van der Waals surface area contributed by atoms with Crippen LogP contribution >= 0.6 is 11.8 Å². The van der Waals surface area contributed by atoms with Crippen LogP contribution in [0.1, 0.15) is 25.0 Å². The summed E-state index contributed by atoms with van der Waals surface area (Å²) in [6.07, 6.45) is 5.78. The molecular formula is C11H16O2S. The predicted molar refractivity (Wildman–Crippen MR) is 58.5 cm³/mol. The number of hydrogen-bond donors (Lipinski definition) is 1. The summed E-state index contributed by atoms with van der Waals surface area (Å²) in [7, 11) is 0. The molecule has 3 heteroatoms. The van der Waals surface area contributed by atoms with Crippen molar-refractivity contribution >= 4 is 11.8 Å². The molecule has 1 fully saturated rings. The molecule has 1 saturated heterocycles. The lowest BCUT2D eigenvalue weighted by Crippen LogP contribution is -2.27. The Morgan fingerprint density at radius 1 is 1.57 bits per heavy atom. The van der Waals surface area contributed by atoms with Crippen molar-refractivity contribution in [2.24, 2.45) is 0 Å². The van der Waals surface area contributed by atoms with Gasteiger partial charge in [0.15, 0.2) is 0 Å². The van der Waals surface area contributed by atoms with Crippen molar-refractivity contribution < 1.29 is 9.52 Å². The van der Waals surface area contributed by atoms with Crippen molar-refractivity contribution in [3.05, 3.63) is 24.2 Å². The van der Waals surface area contributed by atoms with Gasteiger partial charge in [0.1, 0.15) is 5.76 Å². The summed E-state index contributed by atoms with van der Waals surface area (Å²) in [5.41, 5.74) is 0. The van der Waals surface area contributed by atoms with Gasteiger partial charge in [0.05, 0.1) is 12.4 Å². The molecule has 2 nitrogen and oxygen atoms in total. The first kappa shape index (κ1) is 10.1. The molecule has 2 heterocycles. The van der Waals surface area contributed by atoms with Gasteiger partial charge in [-0.05, 0) is 30.7 Å². The van der Waals surface area contributed by atoms with Crippen molar-refractivity contribution in [1.82, 2.24) is 0 Å². The average Bonchev–Trinajstić information content (AvgIpc) is 2.72. The first-order valence-electron chi connectivity index (χ1n) is 5.18. The Balaban J connectivity index is 1.85. The largest absolute Gasteiger partial charge is 0.469 e. The van der Waals surface area contributed by atoms with E-state index in [9.17, 15) is 5.11 Å². The van der Waals surface area contributed by atoms with E-state index in [0.29, 0.717) is 11.7 Å². The number of aliphatic hydroxyl groups excluding tert-OH is 1. The lowest BCUT2D eigenvalue weighted by atomic mass is 10.1. The topological polar surface area (TPSA) is 33.4 Å². The molecule has 1 aliphatic rings. The summed E-state index contributed by atoms with van der Waals surface area (Å²) < 4.78 is 5.23. The minimum absolute atomic E-state index is 0.244. The standard InChI is InChI=1S/C11H16O2S/c12-10(8-9-4-3-6-13-9)11-5-1-2-7-14-11/h3-4,6,10-12H,1-2,5,7-8H2. The highest BCUT2D eigenvalue weighted by molar-refractivity contribution is 8.00. The maximum atomic E-state index is 9.96. The van der Waals surface area contributed by atoms with E-state index >= 15 is 0 Å². The molecule has 1 aromatic heterocycles. The van der Waals surface area contributed by atoms with E-state index in [1.54, 1.807) is 6.26 Å². The molecule has 0 amide bonds. The number of rotatable bonds is 3. The van der Waals surface area contributed by atoms with E-state index in [0.717, 1.165) is 12.2 Å². The first-order valence-corrected chi connectivity index (χ1v) is 6.23. The highest BCUT2D eigenvalue weighted by atomic mass is 32.2. The summed E-state index contributed by atoms with van der Waals surface area (Å²) in [5.74, 6) is 2.09. The monoisotopic (exact) mass is 212 g/mol. The van der Waals surface area contributed by atoms with Gasteiger partial charge in [-0.1, -0.05) is 6.42 Å². The van der Waals surface area contributed by atoms with Gasteiger partial charge in [-0.2, -0.15) is 11.8 Å². The van der Waals surface area contributed by atoms with Gasteiger partial charge in [0, 0.05) is 11.7 Å². The van der Waals surface area contributed by atoms with Crippen LogP contribution in [0.4, 0.5) is 0 Å².